The van der Waals surface area contributed by atoms with Crippen molar-refractivity contribution in [3.05, 3.63) is 0 Å². The molecule has 96 valence electrons. The Morgan fingerprint density at radius 2 is 2.19 bits per heavy atom. The number of ether oxygens (including phenoxy) is 1. The van der Waals surface area contributed by atoms with Gasteiger partial charge in [0.1, 0.15) is 0 Å². The Hall–Kier alpha value is -0.120. The molecule has 16 heavy (non-hydrogen) atoms. The average molecular weight is 228 g/mol. The fraction of sp³-hybridized carbons (Fsp3) is 1.00. The molecule has 0 aromatic carbocycles. The van der Waals surface area contributed by atoms with Gasteiger partial charge in [-0.15, -0.1) is 0 Å². The Kier molecular flexibility index (Phi) is 6.32. The third-order valence-electron chi connectivity index (χ3n) is 3.91. The molecular formula is C13H28N2O. The molecule has 3 heteroatoms. The molecule has 0 aliphatic carbocycles. The molecule has 0 aromatic heterocycles. The molecule has 3 unspecified atom stereocenters. The molecule has 0 radical (unpaired) electrons. The van der Waals surface area contributed by atoms with E-state index < -0.39 is 0 Å². The quantitative estimate of drug-likeness (QED) is 0.754. The summed E-state index contributed by atoms with van der Waals surface area (Å²) in [5, 5.41) is 0. The highest BCUT2D eigenvalue weighted by atomic mass is 16.5. The van der Waals surface area contributed by atoms with Gasteiger partial charge in [-0.2, -0.15) is 0 Å². The van der Waals surface area contributed by atoms with Gasteiger partial charge in [-0.1, -0.05) is 6.92 Å². The zero-order chi connectivity index (χ0) is 12.0. The number of piperidine rings is 1. The van der Waals surface area contributed by atoms with E-state index in [2.05, 4.69) is 18.7 Å². The van der Waals surface area contributed by atoms with Gasteiger partial charge in [0, 0.05) is 25.7 Å². The van der Waals surface area contributed by atoms with E-state index in [9.17, 15) is 0 Å². The van der Waals surface area contributed by atoms with Gasteiger partial charge in [0.25, 0.3) is 0 Å². The summed E-state index contributed by atoms with van der Waals surface area (Å²) in [6, 6.07) is 0.716. The predicted octanol–water partition coefficient (Wildman–Crippen LogP) is 1.86. The molecule has 0 aromatic rings. The SMILES string of the molecule is CCOC(CN)CCN1CCCC(C)C1C. The molecule has 1 heterocycles. The zero-order valence-electron chi connectivity index (χ0n) is 11.1. The number of likely N-dealkylation sites (tertiary alicyclic amines) is 1. The van der Waals surface area contributed by atoms with E-state index in [0.717, 1.165) is 25.5 Å². The van der Waals surface area contributed by atoms with Crippen molar-refractivity contribution in [3.8, 4) is 0 Å². The molecule has 0 spiro atoms. The van der Waals surface area contributed by atoms with Crippen LogP contribution in [0.25, 0.3) is 0 Å². The molecule has 1 rings (SSSR count). The van der Waals surface area contributed by atoms with Gasteiger partial charge in [0.15, 0.2) is 0 Å². The molecule has 0 saturated carbocycles. The van der Waals surface area contributed by atoms with Crippen molar-refractivity contribution in [2.24, 2.45) is 11.7 Å². The second-order valence-corrected chi connectivity index (χ2v) is 5.00. The number of rotatable bonds is 6. The summed E-state index contributed by atoms with van der Waals surface area (Å²) in [7, 11) is 0. The van der Waals surface area contributed by atoms with Crippen LogP contribution in [0.2, 0.25) is 0 Å². The predicted molar refractivity (Wildman–Crippen MR) is 68.5 cm³/mol. The van der Waals surface area contributed by atoms with Gasteiger partial charge < -0.3 is 15.4 Å². The highest BCUT2D eigenvalue weighted by Gasteiger charge is 2.24. The second-order valence-electron chi connectivity index (χ2n) is 5.00. The van der Waals surface area contributed by atoms with Crippen molar-refractivity contribution < 1.29 is 4.74 Å². The fourth-order valence-electron chi connectivity index (χ4n) is 2.55. The van der Waals surface area contributed by atoms with Gasteiger partial charge in [-0.25, -0.2) is 0 Å². The zero-order valence-corrected chi connectivity index (χ0v) is 11.1. The molecule has 2 N–H and O–H groups in total. The summed E-state index contributed by atoms with van der Waals surface area (Å²) >= 11 is 0. The fourth-order valence-corrected chi connectivity index (χ4v) is 2.55. The van der Waals surface area contributed by atoms with Crippen LogP contribution >= 0.6 is 0 Å². The molecule has 3 nitrogen and oxygen atoms in total. The lowest BCUT2D eigenvalue weighted by Gasteiger charge is -2.38. The lowest BCUT2D eigenvalue weighted by atomic mass is 9.92. The van der Waals surface area contributed by atoms with Crippen LogP contribution in [0.3, 0.4) is 0 Å². The normalized spacial score (nSPS) is 29.2. The van der Waals surface area contributed by atoms with Gasteiger partial charge in [-0.05, 0) is 45.6 Å². The Labute approximate surface area is 100 Å². The third kappa shape index (κ3) is 4.04. The first-order valence-corrected chi connectivity index (χ1v) is 6.74. The third-order valence-corrected chi connectivity index (χ3v) is 3.91. The first-order valence-electron chi connectivity index (χ1n) is 6.74. The summed E-state index contributed by atoms with van der Waals surface area (Å²) in [4.78, 5) is 2.59. The average Bonchev–Trinajstić information content (AvgIpc) is 2.29. The number of nitrogens with two attached hydrogens (primary N) is 1. The number of nitrogens with zero attached hydrogens (tertiary/aromatic N) is 1. The van der Waals surface area contributed by atoms with E-state index in [-0.39, 0.29) is 6.10 Å². The second kappa shape index (κ2) is 7.25. The maximum absolute atomic E-state index is 5.69. The summed E-state index contributed by atoms with van der Waals surface area (Å²) in [6.45, 7) is 10.5. The van der Waals surface area contributed by atoms with E-state index in [0.29, 0.717) is 12.6 Å². The van der Waals surface area contributed by atoms with Crippen molar-refractivity contribution >= 4 is 0 Å². The summed E-state index contributed by atoms with van der Waals surface area (Å²) < 4.78 is 5.59. The van der Waals surface area contributed by atoms with Crippen LogP contribution in [-0.2, 0) is 4.74 Å². The Balaban J connectivity index is 2.29. The minimum absolute atomic E-state index is 0.245. The van der Waals surface area contributed by atoms with Crippen molar-refractivity contribution in [1.82, 2.24) is 4.90 Å². The van der Waals surface area contributed by atoms with Gasteiger partial charge in [0.05, 0.1) is 6.10 Å². The van der Waals surface area contributed by atoms with Crippen LogP contribution in [-0.4, -0.2) is 43.3 Å². The van der Waals surface area contributed by atoms with Crippen molar-refractivity contribution in [2.45, 2.75) is 52.2 Å². The number of hydrogen-bond donors (Lipinski definition) is 1. The molecule has 1 fully saturated rings. The first kappa shape index (κ1) is 13.9. The number of hydrogen-bond acceptors (Lipinski definition) is 3. The van der Waals surface area contributed by atoms with Crippen molar-refractivity contribution in [2.75, 3.05) is 26.2 Å². The van der Waals surface area contributed by atoms with E-state index in [1.165, 1.54) is 19.4 Å². The van der Waals surface area contributed by atoms with Crippen molar-refractivity contribution in [1.29, 1.82) is 0 Å². The topological polar surface area (TPSA) is 38.5 Å². The molecule has 3 atom stereocenters. The minimum atomic E-state index is 0.245. The highest BCUT2D eigenvalue weighted by Crippen LogP contribution is 2.23. The molecule has 0 amide bonds. The molecular weight excluding hydrogens is 200 g/mol. The van der Waals surface area contributed by atoms with Crippen molar-refractivity contribution in [3.63, 3.8) is 0 Å². The summed E-state index contributed by atoms with van der Waals surface area (Å²) in [6.07, 6.45) is 4.03. The largest absolute Gasteiger partial charge is 0.377 e. The summed E-state index contributed by atoms with van der Waals surface area (Å²) in [5.41, 5.74) is 5.69. The maximum Gasteiger partial charge on any atom is 0.0709 e. The van der Waals surface area contributed by atoms with Crippen LogP contribution in [0.15, 0.2) is 0 Å². The van der Waals surface area contributed by atoms with Crippen LogP contribution in [0.1, 0.15) is 40.0 Å². The molecule has 1 aliphatic rings. The first-order chi connectivity index (χ1) is 7.69. The van der Waals surface area contributed by atoms with E-state index in [1.54, 1.807) is 0 Å². The summed E-state index contributed by atoms with van der Waals surface area (Å²) in [5.74, 6) is 0.831. The van der Waals surface area contributed by atoms with E-state index in [1.807, 2.05) is 6.92 Å². The van der Waals surface area contributed by atoms with E-state index >= 15 is 0 Å². The van der Waals surface area contributed by atoms with Gasteiger partial charge in [-0.3, -0.25) is 0 Å². The van der Waals surface area contributed by atoms with Gasteiger partial charge in [0.2, 0.25) is 0 Å². The highest BCUT2D eigenvalue weighted by molar-refractivity contribution is 4.79. The minimum Gasteiger partial charge on any atom is -0.377 e. The van der Waals surface area contributed by atoms with Crippen LogP contribution in [0.5, 0.6) is 0 Å². The van der Waals surface area contributed by atoms with E-state index in [4.69, 9.17) is 10.5 Å². The smallest absolute Gasteiger partial charge is 0.0709 e. The monoisotopic (exact) mass is 228 g/mol. The standard InChI is InChI=1S/C13H28N2O/c1-4-16-13(10-14)7-9-15-8-5-6-11(2)12(15)3/h11-13H,4-10,14H2,1-3H3. The lowest BCUT2D eigenvalue weighted by molar-refractivity contribution is 0.0398. The Morgan fingerprint density at radius 3 is 2.81 bits per heavy atom. The van der Waals surface area contributed by atoms with Crippen LogP contribution in [0.4, 0.5) is 0 Å². The maximum atomic E-state index is 5.69. The Morgan fingerprint density at radius 1 is 1.44 bits per heavy atom. The molecule has 0 bridgehead atoms. The molecule has 1 saturated heterocycles. The Bertz CT molecular complexity index is 187. The lowest BCUT2D eigenvalue weighted by Crippen LogP contribution is -2.44. The van der Waals surface area contributed by atoms with Crippen LogP contribution in [0, 0.1) is 5.92 Å². The van der Waals surface area contributed by atoms with Gasteiger partial charge >= 0.3 is 0 Å². The molecule has 1 aliphatic heterocycles. The van der Waals surface area contributed by atoms with Crippen LogP contribution < -0.4 is 5.73 Å².